The Morgan fingerprint density at radius 3 is 0.814 bits per heavy atom. The van der Waals surface area contributed by atoms with E-state index < -0.39 is 6.10 Å². The lowest BCUT2D eigenvalue weighted by Crippen LogP contribution is -2.30. The van der Waals surface area contributed by atoms with E-state index in [0.29, 0.717) is 19.3 Å². The SMILES string of the molecule is CCCCCCC/C=C\C/C=C\C/C=C\CCCCCCCCCCCCCCCCCCCCC(=O)OCC(COC(=O)CCCCCCC)OC(=O)CCCCCCC/C=C\CCCCCCC. The fraction of sp³-hybridized carbons (Fsp3) is 0.828. The Morgan fingerprint density at radius 1 is 0.286 bits per heavy atom. The topological polar surface area (TPSA) is 78.9 Å². The van der Waals surface area contributed by atoms with Crippen LogP contribution in [0.25, 0.3) is 0 Å². The van der Waals surface area contributed by atoms with E-state index in [0.717, 1.165) is 83.5 Å². The van der Waals surface area contributed by atoms with Gasteiger partial charge in [-0.1, -0.05) is 268 Å². The summed E-state index contributed by atoms with van der Waals surface area (Å²) in [5.74, 6) is -0.883. The molecule has 0 saturated carbocycles. The molecule has 0 saturated heterocycles. The van der Waals surface area contributed by atoms with Crippen molar-refractivity contribution in [3.63, 3.8) is 0 Å². The van der Waals surface area contributed by atoms with Crippen molar-refractivity contribution in [2.24, 2.45) is 0 Å². The number of rotatable bonds is 56. The standard InChI is InChI=1S/C64H116O6/c1-4-7-10-13-15-17-19-21-23-24-25-26-27-28-29-30-31-32-33-34-35-36-37-38-39-40-41-43-44-46-48-51-54-57-63(66)69-60-61(59-68-62(65)56-53-50-12-9-6-3)70-64(67)58-55-52-49-47-45-42-22-20-18-16-14-11-8-5-2/h19-22,24-25,27-28,61H,4-18,23,26,29-60H2,1-3H3/b21-19-,22-20-,25-24-,28-27-. The number of esters is 3. The average molecular weight is 982 g/mol. The van der Waals surface area contributed by atoms with Crippen LogP contribution in [-0.2, 0) is 28.6 Å². The van der Waals surface area contributed by atoms with Crippen LogP contribution in [0.5, 0.6) is 0 Å². The Labute approximate surface area is 435 Å². The first kappa shape index (κ1) is 67.4. The number of hydrogen-bond donors (Lipinski definition) is 0. The van der Waals surface area contributed by atoms with Crippen molar-refractivity contribution in [1.82, 2.24) is 0 Å². The maximum Gasteiger partial charge on any atom is 0.306 e. The maximum atomic E-state index is 12.7. The second kappa shape index (κ2) is 58.9. The summed E-state index contributed by atoms with van der Waals surface area (Å²) in [5.41, 5.74) is 0. The van der Waals surface area contributed by atoms with Crippen LogP contribution in [0, 0.1) is 0 Å². The van der Waals surface area contributed by atoms with Gasteiger partial charge in [-0.25, -0.2) is 0 Å². The minimum absolute atomic E-state index is 0.0733. The van der Waals surface area contributed by atoms with Gasteiger partial charge in [0.25, 0.3) is 0 Å². The molecule has 0 heterocycles. The van der Waals surface area contributed by atoms with Crippen LogP contribution in [0.2, 0.25) is 0 Å². The summed E-state index contributed by atoms with van der Waals surface area (Å²) in [6, 6.07) is 0. The number of carbonyl (C=O) groups is 3. The summed E-state index contributed by atoms with van der Waals surface area (Å²) in [5, 5.41) is 0. The van der Waals surface area contributed by atoms with Crippen molar-refractivity contribution < 1.29 is 28.6 Å². The Kier molecular flexibility index (Phi) is 56.7. The summed E-state index contributed by atoms with van der Waals surface area (Å²) >= 11 is 0. The van der Waals surface area contributed by atoms with E-state index in [9.17, 15) is 14.4 Å². The van der Waals surface area contributed by atoms with Gasteiger partial charge in [-0.3, -0.25) is 14.4 Å². The van der Waals surface area contributed by atoms with Crippen molar-refractivity contribution in [2.45, 2.75) is 329 Å². The van der Waals surface area contributed by atoms with E-state index in [1.54, 1.807) is 0 Å². The molecule has 0 spiro atoms. The van der Waals surface area contributed by atoms with Gasteiger partial charge in [0.1, 0.15) is 13.2 Å². The Hall–Kier alpha value is -2.63. The van der Waals surface area contributed by atoms with Crippen LogP contribution < -0.4 is 0 Å². The van der Waals surface area contributed by atoms with Gasteiger partial charge in [0.15, 0.2) is 6.10 Å². The molecule has 0 rings (SSSR count). The molecular weight excluding hydrogens is 865 g/mol. The van der Waals surface area contributed by atoms with Gasteiger partial charge >= 0.3 is 17.9 Å². The summed E-state index contributed by atoms with van der Waals surface area (Å²) in [7, 11) is 0. The monoisotopic (exact) mass is 981 g/mol. The van der Waals surface area contributed by atoms with E-state index in [2.05, 4.69) is 69.4 Å². The molecule has 0 bridgehead atoms. The lowest BCUT2D eigenvalue weighted by Gasteiger charge is -2.18. The molecule has 0 radical (unpaired) electrons. The number of carbonyl (C=O) groups excluding carboxylic acids is 3. The lowest BCUT2D eigenvalue weighted by molar-refractivity contribution is -0.167. The zero-order valence-electron chi connectivity index (χ0n) is 46.8. The fourth-order valence-corrected chi connectivity index (χ4v) is 8.92. The van der Waals surface area contributed by atoms with Gasteiger partial charge in [-0.05, 0) is 83.5 Å². The highest BCUT2D eigenvalue weighted by molar-refractivity contribution is 5.71. The van der Waals surface area contributed by atoms with E-state index in [-0.39, 0.29) is 31.1 Å². The minimum Gasteiger partial charge on any atom is -0.462 e. The molecule has 1 atom stereocenters. The molecule has 6 heteroatoms. The molecule has 0 N–H and O–H groups in total. The molecule has 6 nitrogen and oxygen atoms in total. The summed E-state index contributed by atoms with van der Waals surface area (Å²) in [4.78, 5) is 37.8. The number of allylic oxidation sites excluding steroid dienone is 8. The normalized spacial score (nSPS) is 12.3. The number of unbranched alkanes of at least 4 members (excludes halogenated alkanes) is 37. The second-order valence-corrected chi connectivity index (χ2v) is 20.6. The Bertz CT molecular complexity index is 1220. The van der Waals surface area contributed by atoms with Gasteiger partial charge in [-0.2, -0.15) is 0 Å². The van der Waals surface area contributed by atoms with Crippen molar-refractivity contribution in [1.29, 1.82) is 0 Å². The third kappa shape index (κ3) is 56.3. The van der Waals surface area contributed by atoms with E-state index in [1.165, 1.54) is 199 Å². The largest absolute Gasteiger partial charge is 0.462 e. The van der Waals surface area contributed by atoms with Crippen LogP contribution >= 0.6 is 0 Å². The molecule has 0 amide bonds. The van der Waals surface area contributed by atoms with E-state index in [4.69, 9.17) is 14.2 Å². The molecule has 0 aromatic heterocycles. The number of hydrogen-bond acceptors (Lipinski definition) is 6. The Morgan fingerprint density at radius 2 is 0.514 bits per heavy atom. The molecule has 408 valence electrons. The van der Waals surface area contributed by atoms with Gasteiger partial charge in [0.05, 0.1) is 0 Å². The first-order valence-corrected chi connectivity index (χ1v) is 30.6. The first-order valence-electron chi connectivity index (χ1n) is 30.6. The molecule has 0 aliphatic heterocycles. The molecule has 0 aromatic carbocycles. The van der Waals surface area contributed by atoms with Gasteiger partial charge < -0.3 is 14.2 Å². The highest BCUT2D eigenvalue weighted by Crippen LogP contribution is 2.17. The van der Waals surface area contributed by atoms with Gasteiger partial charge in [-0.15, -0.1) is 0 Å². The third-order valence-electron chi connectivity index (χ3n) is 13.6. The predicted molar refractivity (Wildman–Crippen MR) is 302 cm³/mol. The number of ether oxygens (including phenoxy) is 3. The molecule has 0 fully saturated rings. The zero-order chi connectivity index (χ0) is 50.7. The highest BCUT2D eigenvalue weighted by Gasteiger charge is 2.19. The van der Waals surface area contributed by atoms with Crippen LogP contribution in [-0.4, -0.2) is 37.2 Å². The smallest absolute Gasteiger partial charge is 0.306 e. The van der Waals surface area contributed by atoms with Crippen LogP contribution in [0.1, 0.15) is 323 Å². The zero-order valence-corrected chi connectivity index (χ0v) is 46.8. The lowest BCUT2D eigenvalue weighted by atomic mass is 10.0. The molecule has 0 aliphatic rings. The fourth-order valence-electron chi connectivity index (χ4n) is 8.92. The molecule has 0 aliphatic carbocycles. The molecular formula is C64H116O6. The highest BCUT2D eigenvalue weighted by atomic mass is 16.6. The van der Waals surface area contributed by atoms with E-state index in [1.807, 2.05) is 0 Å². The summed E-state index contributed by atoms with van der Waals surface area (Å²) in [6.45, 7) is 6.56. The predicted octanol–water partition coefficient (Wildman–Crippen LogP) is 20.6. The van der Waals surface area contributed by atoms with Gasteiger partial charge in [0.2, 0.25) is 0 Å². The molecule has 0 aromatic rings. The maximum absolute atomic E-state index is 12.7. The van der Waals surface area contributed by atoms with Crippen molar-refractivity contribution in [2.75, 3.05) is 13.2 Å². The minimum atomic E-state index is -0.770. The first-order chi connectivity index (χ1) is 34.5. The van der Waals surface area contributed by atoms with Crippen molar-refractivity contribution >= 4 is 17.9 Å². The van der Waals surface area contributed by atoms with Crippen LogP contribution in [0.4, 0.5) is 0 Å². The van der Waals surface area contributed by atoms with E-state index >= 15 is 0 Å². The summed E-state index contributed by atoms with van der Waals surface area (Å²) in [6.07, 6.45) is 73.2. The Balaban J connectivity index is 3.90. The molecule has 1 unspecified atom stereocenters. The molecule has 70 heavy (non-hydrogen) atoms. The third-order valence-corrected chi connectivity index (χ3v) is 13.6. The van der Waals surface area contributed by atoms with Crippen LogP contribution in [0.3, 0.4) is 0 Å². The van der Waals surface area contributed by atoms with Crippen molar-refractivity contribution in [3.05, 3.63) is 48.6 Å². The summed E-state index contributed by atoms with van der Waals surface area (Å²) < 4.78 is 16.7. The van der Waals surface area contributed by atoms with Crippen molar-refractivity contribution in [3.8, 4) is 0 Å². The van der Waals surface area contributed by atoms with Crippen LogP contribution in [0.15, 0.2) is 48.6 Å². The van der Waals surface area contributed by atoms with Gasteiger partial charge in [0, 0.05) is 19.3 Å². The second-order valence-electron chi connectivity index (χ2n) is 20.6. The average Bonchev–Trinajstić information content (AvgIpc) is 3.36. The quantitative estimate of drug-likeness (QED) is 0.0261.